The van der Waals surface area contributed by atoms with Crippen molar-refractivity contribution in [2.45, 2.75) is 45.1 Å². The lowest BCUT2D eigenvalue weighted by Gasteiger charge is -2.19. The van der Waals surface area contributed by atoms with Crippen molar-refractivity contribution in [2.24, 2.45) is 7.05 Å². The summed E-state index contributed by atoms with van der Waals surface area (Å²) in [4.78, 5) is 11.7. The number of carbonyl (C=O) groups is 1. The number of benzene rings is 3. The molecule has 0 N–H and O–H groups in total. The van der Waals surface area contributed by atoms with Crippen LogP contribution in [0, 0.1) is 19.7 Å². The second kappa shape index (κ2) is 9.80. The third kappa shape index (κ3) is 4.41. The van der Waals surface area contributed by atoms with Crippen LogP contribution in [-0.4, -0.2) is 39.9 Å². The minimum atomic E-state index is -0.408. The van der Waals surface area contributed by atoms with Crippen LogP contribution in [0.5, 0.6) is 11.5 Å². The Morgan fingerprint density at radius 1 is 1.15 bits per heavy atom. The number of carbonyl (C=O) groups excluding carboxylic acids is 1. The van der Waals surface area contributed by atoms with E-state index < -0.39 is 6.10 Å². The Kier molecular flexibility index (Phi) is 6.29. The molecule has 0 saturated heterocycles. The standard InChI is InChI=1S/C30H29FN4O4/c1-16-11-18(30-32-33-34-35(30)3)12-17(2)28(16)22-7-9-24(31)29-23(22)8-10-25(29)39-20-5-6-21-19(13-27(36)37-4)15-38-26(21)14-20/h5-7,9,11-12,14,19,25H,8,10,13,15H2,1-4H3/t19-,25-/m1/s1. The summed E-state index contributed by atoms with van der Waals surface area (Å²) in [6.07, 6.45) is 1.24. The van der Waals surface area contributed by atoms with Gasteiger partial charge in [-0.1, -0.05) is 12.1 Å². The highest BCUT2D eigenvalue weighted by Crippen LogP contribution is 2.45. The highest BCUT2D eigenvalue weighted by Gasteiger charge is 2.32. The minimum Gasteiger partial charge on any atom is -0.492 e. The number of fused-ring (bicyclic) bond motifs is 2. The molecule has 0 amide bonds. The number of halogens is 1. The lowest BCUT2D eigenvalue weighted by Crippen LogP contribution is -2.09. The Morgan fingerprint density at radius 2 is 1.95 bits per heavy atom. The van der Waals surface area contributed by atoms with Crippen LogP contribution in [0.4, 0.5) is 4.39 Å². The van der Waals surface area contributed by atoms with E-state index in [9.17, 15) is 4.79 Å². The highest BCUT2D eigenvalue weighted by atomic mass is 19.1. The molecule has 6 rings (SSSR count). The van der Waals surface area contributed by atoms with Gasteiger partial charge in [-0.25, -0.2) is 9.07 Å². The van der Waals surface area contributed by atoms with Crippen LogP contribution in [0.25, 0.3) is 22.5 Å². The summed E-state index contributed by atoms with van der Waals surface area (Å²) in [7, 11) is 3.20. The topological polar surface area (TPSA) is 88.4 Å². The van der Waals surface area contributed by atoms with E-state index >= 15 is 4.39 Å². The fourth-order valence-electron chi connectivity index (χ4n) is 5.96. The molecule has 3 aromatic carbocycles. The molecule has 0 saturated carbocycles. The maximum atomic E-state index is 15.3. The average Bonchev–Trinajstić information content (AvgIpc) is 3.64. The maximum absolute atomic E-state index is 15.3. The predicted octanol–water partition coefficient (Wildman–Crippen LogP) is 5.41. The van der Waals surface area contributed by atoms with Crippen LogP contribution < -0.4 is 9.47 Å². The maximum Gasteiger partial charge on any atom is 0.306 e. The molecule has 0 unspecified atom stereocenters. The van der Waals surface area contributed by atoms with Gasteiger partial charge in [0, 0.05) is 35.7 Å². The van der Waals surface area contributed by atoms with Crippen LogP contribution in [-0.2, 0) is 23.0 Å². The first kappa shape index (κ1) is 25.0. The molecule has 8 nitrogen and oxygen atoms in total. The first-order valence-electron chi connectivity index (χ1n) is 13.0. The molecule has 1 aliphatic heterocycles. The van der Waals surface area contributed by atoms with Gasteiger partial charge in [0.05, 0.1) is 20.1 Å². The zero-order valence-electron chi connectivity index (χ0n) is 22.3. The van der Waals surface area contributed by atoms with E-state index in [2.05, 4.69) is 41.5 Å². The van der Waals surface area contributed by atoms with Gasteiger partial charge in [0.15, 0.2) is 5.82 Å². The molecular formula is C30H29FN4O4. The third-order valence-corrected chi connectivity index (χ3v) is 7.75. The zero-order valence-corrected chi connectivity index (χ0v) is 22.3. The van der Waals surface area contributed by atoms with Crippen LogP contribution in [0.15, 0.2) is 42.5 Å². The summed E-state index contributed by atoms with van der Waals surface area (Å²) >= 11 is 0. The van der Waals surface area contributed by atoms with Crippen molar-refractivity contribution < 1.29 is 23.4 Å². The molecule has 39 heavy (non-hydrogen) atoms. The zero-order chi connectivity index (χ0) is 27.3. The Labute approximate surface area is 225 Å². The van der Waals surface area contributed by atoms with Gasteiger partial charge in [0.25, 0.3) is 0 Å². The molecule has 0 spiro atoms. The molecule has 1 aliphatic carbocycles. The molecule has 9 heteroatoms. The number of tetrazole rings is 1. The van der Waals surface area contributed by atoms with Crippen molar-refractivity contribution in [3.63, 3.8) is 0 Å². The number of hydrogen-bond donors (Lipinski definition) is 0. The Hall–Kier alpha value is -4.27. The van der Waals surface area contributed by atoms with Crippen molar-refractivity contribution >= 4 is 5.97 Å². The summed E-state index contributed by atoms with van der Waals surface area (Å²) in [6.45, 7) is 4.54. The molecule has 4 aromatic rings. The molecule has 1 aromatic heterocycles. The van der Waals surface area contributed by atoms with Gasteiger partial charge in [-0.05, 0) is 89.2 Å². The highest BCUT2D eigenvalue weighted by molar-refractivity contribution is 5.78. The minimum absolute atomic E-state index is 0.0449. The Bertz CT molecular complexity index is 1580. The van der Waals surface area contributed by atoms with Crippen LogP contribution in [0.1, 0.15) is 52.7 Å². The van der Waals surface area contributed by atoms with Crippen molar-refractivity contribution in [1.82, 2.24) is 20.2 Å². The summed E-state index contributed by atoms with van der Waals surface area (Å²) < 4.78 is 33.9. The van der Waals surface area contributed by atoms with Crippen LogP contribution >= 0.6 is 0 Å². The normalized spacial score (nSPS) is 17.5. The summed E-state index contributed by atoms with van der Waals surface area (Å²) in [6, 6.07) is 13.2. The predicted molar refractivity (Wildman–Crippen MR) is 142 cm³/mol. The van der Waals surface area contributed by atoms with Gasteiger partial charge in [-0.3, -0.25) is 4.79 Å². The van der Waals surface area contributed by atoms with E-state index in [1.165, 1.54) is 7.11 Å². The summed E-state index contributed by atoms with van der Waals surface area (Å²) in [5.74, 6) is 1.43. The molecule has 200 valence electrons. The van der Waals surface area contributed by atoms with Crippen molar-refractivity contribution in [1.29, 1.82) is 0 Å². The van der Waals surface area contributed by atoms with Gasteiger partial charge >= 0.3 is 5.97 Å². The van der Waals surface area contributed by atoms with Crippen LogP contribution in [0.3, 0.4) is 0 Å². The summed E-state index contributed by atoms with van der Waals surface area (Å²) in [5, 5.41) is 11.8. The monoisotopic (exact) mass is 528 g/mol. The van der Waals surface area contributed by atoms with Crippen molar-refractivity contribution in [3.05, 3.63) is 76.1 Å². The Morgan fingerprint density at radius 3 is 2.67 bits per heavy atom. The number of rotatable bonds is 6. The quantitative estimate of drug-likeness (QED) is 0.310. The first-order valence-corrected chi connectivity index (χ1v) is 13.0. The van der Waals surface area contributed by atoms with E-state index in [4.69, 9.17) is 14.2 Å². The van der Waals surface area contributed by atoms with E-state index in [1.54, 1.807) is 10.7 Å². The lowest BCUT2D eigenvalue weighted by molar-refractivity contribution is -0.141. The Balaban J connectivity index is 1.30. The molecule has 0 radical (unpaired) electrons. The average molecular weight is 529 g/mol. The van der Waals surface area contributed by atoms with E-state index in [0.29, 0.717) is 42.3 Å². The second-order valence-electron chi connectivity index (χ2n) is 10.2. The first-order chi connectivity index (χ1) is 18.8. The lowest BCUT2D eigenvalue weighted by atomic mass is 9.89. The van der Waals surface area contributed by atoms with Gasteiger partial charge < -0.3 is 14.2 Å². The van der Waals surface area contributed by atoms with Gasteiger partial charge in [0.1, 0.15) is 23.4 Å². The molecule has 2 atom stereocenters. The number of hydrogen-bond acceptors (Lipinski definition) is 7. The van der Waals surface area contributed by atoms with Crippen LogP contribution in [0.2, 0.25) is 0 Å². The largest absolute Gasteiger partial charge is 0.492 e. The summed E-state index contributed by atoms with van der Waals surface area (Å²) in [5.41, 5.74) is 7.75. The number of aryl methyl sites for hydroxylation is 3. The fraction of sp³-hybridized carbons (Fsp3) is 0.333. The van der Waals surface area contributed by atoms with Gasteiger partial charge in [0.2, 0.25) is 0 Å². The molecular weight excluding hydrogens is 499 g/mol. The molecule has 0 bridgehead atoms. The van der Waals surface area contributed by atoms with E-state index in [0.717, 1.165) is 38.9 Å². The number of ether oxygens (including phenoxy) is 3. The van der Waals surface area contributed by atoms with E-state index in [1.807, 2.05) is 31.3 Å². The number of esters is 1. The number of nitrogens with zero attached hydrogens (tertiary/aromatic N) is 4. The fourth-order valence-corrected chi connectivity index (χ4v) is 5.96. The second-order valence-corrected chi connectivity index (χ2v) is 10.2. The third-order valence-electron chi connectivity index (χ3n) is 7.75. The number of methoxy groups -OCH3 is 1. The number of aromatic nitrogens is 4. The molecule has 2 aliphatic rings. The smallest absolute Gasteiger partial charge is 0.306 e. The molecule has 2 heterocycles. The van der Waals surface area contributed by atoms with E-state index in [-0.39, 0.29) is 24.1 Å². The SMILES string of the molecule is COC(=O)C[C@@H]1COc2cc(O[C@@H]3CCc4c(-c5c(C)cc(-c6nnnn6C)cc5C)ccc(F)c43)ccc21. The van der Waals surface area contributed by atoms with Crippen molar-refractivity contribution in [2.75, 3.05) is 13.7 Å². The molecule has 0 fully saturated rings. The van der Waals surface area contributed by atoms with Gasteiger partial charge in [-0.15, -0.1) is 5.10 Å². The van der Waals surface area contributed by atoms with Crippen molar-refractivity contribution in [3.8, 4) is 34.0 Å². The van der Waals surface area contributed by atoms with Gasteiger partial charge in [-0.2, -0.15) is 0 Å².